The van der Waals surface area contributed by atoms with Gasteiger partial charge in [0, 0.05) is 56.1 Å². The largest absolute Gasteiger partial charge is 0.352 e. The van der Waals surface area contributed by atoms with Gasteiger partial charge in [0.05, 0.1) is 16.8 Å². The van der Waals surface area contributed by atoms with Crippen LogP contribution in [-0.4, -0.2) is 65.0 Å². The van der Waals surface area contributed by atoms with Crippen molar-refractivity contribution in [2.75, 3.05) is 44.2 Å². The SMILES string of the molecule is O=C(NCCCN1CCN(c2ncccn2)CC1)c1cc(-c2ccccc2)nc2ccccc12. The van der Waals surface area contributed by atoms with Crippen LogP contribution in [-0.2, 0) is 0 Å². The van der Waals surface area contributed by atoms with Gasteiger partial charge < -0.3 is 10.2 Å². The second kappa shape index (κ2) is 10.4. The highest BCUT2D eigenvalue weighted by molar-refractivity contribution is 6.07. The molecule has 4 aromatic rings. The molecule has 7 nitrogen and oxygen atoms in total. The summed E-state index contributed by atoms with van der Waals surface area (Å²) in [5, 5.41) is 3.99. The maximum absolute atomic E-state index is 13.1. The summed E-state index contributed by atoms with van der Waals surface area (Å²) in [5.74, 6) is 0.746. The molecule has 0 saturated carbocycles. The van der Waals surface area contributed by atoms with Gasteiger partial charge in [-0.05, 0) is 31.2 Å². The Balaban J connectivity index is 1.17. The number of hydrogen-bond donors (Lipinski definition) is 1. The van der Waals surface area contributed by atoms with E-state index in [0.717, 1.165) is 67.3 Å². The van der Waals surface area contributed by atoms with Gasteiger partial charge in [-0.15, -0.1) is 0 Å². The second-order valence-corrected chi connectivity index (χ2v) is 8.43. The molecule has 1 aliphatic rings. The van der Waals surface area contributed by atoms with Crippen molar-refractivity contribution < 1.29 is 4.79 Å². The van der Waals surface area contributed by atoms with Crippen molar-refractivity contribution in [3.63, 3.8) is 0 Å². The molecule has 1 fully saturated rings. The molecule has 2 aromatic carbocycles. The minimum atomic E-state index is -0.0539. The average Bonchev–Trinajstić information content (AvgIpc) is 2.91. The molecule has 0 aliphatic carbocycles. The van der Waals surface area contributed by atoms with E-state index >= 15 is 0 Å². The van der Waals surface area contributed by atoms with Crippen LogP contribution in [0, 0.1) is 0 Å². The Morgan fingerprint density at radius 1 is 0.882 bits per heavy atom. The number of pyridine rings is 1. The zero-order valence-corrected chi connectivity index (χ0v) is 19.1. The van der Waals surface area contributed by atoms with E-state index in [1.807, 2.05) is 66.7 Å². The molecule has 0 atom stereocenters. The van der Waals surface area contributed by atoms with Gasteiger partial charge in [-0.2, -0.15) is 0 Å². The Morgan fingerprint density at radius 2 is 1.62 bits per heavy atom. The first kappa shape index (κ1) is 22.0. The fourth-order valence-corrected chi connectivity index (χ4v) is 4.35. The molecule has 1 aliphatic heterocycles. The van der Waals surface area contributed by atoms with Gasteiger partial charge in [0.2, 0.25) is 5.95 Å². The van der Waals surface area contributed by atoms with Crippen LogP contribution in [0.5, 0.6) is 0 Å². The molecule has 34 heavy (non-hydrogen) atoms. The molecule has 0 bridgehead atoms. The van der Waals surface area contributed by atoms with Crippen molar-refractivity contribution >= 4 is 22.8 Å². The molecule has 172 valence electrons. The number of carbonyl (C=O) groups excluding carboxylic acids is 1. The number of benzene rings is 2. The third-order valence-corrected chi connectivity index (χ3v) is 6.17. The molecule has 5 rings (SSSR count). The van der Waals surface area contributed by atoms with Gasteiger partial charge >= 0.3 is 0 Å². The highest BCUT2D eigenvalue weighted by Crippen LogP contribution is 2.24. The summed E-state index contributed by atoms with van der Waals surface area (Å²) in [6.07, 6.45) is 4.47. The fraction of sp³-hybridized carbons (Fsp3) is 0.259. The van der Waals surface area contributed by atoms with Crippen molar-refractivity contribution in [3.8, 4) is 11.3 Å². The minimum absolute atomic E-state index is 0.0539. The Morgan fingerprint density at radius 3 is 2.41 bits per heavy atom. The molecular weight excluding hydrogens is 424 g/mol. The van der Waals surface area contributed by atoms with Crippen LogP contribution in [0.2, 0.25) is 0 Å². The summed E-state index contributed by atoms with van der Waals surface area (Å²) in [6, 6.07) is 21.5. The van der Waals surface area contributed by atoms with Crippen LogP contribution >= 0.6 is 0 Å². The van der Waals surface area contributed by atoms with Gasteiger partial charge in [0.25, 0.3) is 5.91 Å². The Bertz CT molecular complexity index is 1240. The first-order valence-corrected chi connectivity index (χ1v) is 11.8. The first-order chi connectivity index (χ1) is 16.8. The van der Waals surface area contributed by atoms with E-state index in [0.29, 0.717) is 12.1 Å². The van der Waals surface area contributed by atoms with Gasteiger partial charge in [0.15, 0.2) is 0 Å². The number of rotatable bonds is 7. The van der Waals surface area contributed by atoms with Gasteiger partial charge in [-0.3, -0.25) is 9.69 Å². The van der Waals surface area contributed by atoms with Crippen molar-refractivity contribution in [3.05, 3.63) is 84.7 Å². The highest BCUT2D eigenvalue weighted by Gasteiger charge is 2.18. The average molecular weight is 453 g/mol. The van der Waals surface area contributed by atoms with E-state index in [-0.39, 0.29) is 5.91 Å². The van der Waals surface area contributed by atoms with E-state index < -0.39 is 0 Å². The van der Waals surface area contributed by atoms with Gasteiger partial charge in [-0.1, -0.05) is 48.5 Å². The summed E-state index contributed by atoms with van der Waals surface area (Å²) in [6.45, 7) is 5.38. The topological polar surface area (TPSA) is 74.2 Å². The number of hydrogen-bond acceptors (Lipinski definition) is 6. The van der Waals surface area contributed by atoms with Crippen LogP contribution < -0.4 is 10.2 Å². The highest BCUT2D eigenvalue weighted by atomic mass is 16.1. The van der Waals surface area contributed by atoms with Crippen molar-refractivity contribution in [1.29, 1.82) is 0 Å². The predicted molar refractivity (Wildman–Crippen MR) is 135 cm³/mol. The lowest BCUT2D eigenvalue weighted by Gasteiger charge is -2.34. The lowest BCUT2D eigenvalue weighted by Crippen LogP contribution is -2.47. The molecule has 0 radical (unpaired) electrons. The van der Waals surface area contributed by atoms with Crippen LogP contribution in [0.1, 0.15) is 16.8 Å². The molecule has 0 unspecified atom stereocenters. The van der Waals surface area contributed by atoms with Crippen molar-refractivity contribution in [2.24, 2.45) is 0 Å². The summed E-state index contributed by atoms with van der Waals surface area (Å²) in [4.78, 5) is 31.2. The normalized spacial score (nSPS) is 14.3. The first-order valence-electron chi connectivity index (χ1n) is 11.8. The van der Waals surface area contributed by atoms with Crippen LogP contribution in [0.3, 0.4) is 0 Å². The molecule has 1 saturated heterocycles. The molecule has 7 heteroatoms. The molecule has 0 spiro atoms. The smallest absolute Gasteiger partial charge is 0.252 e. The summed E-state index contributed by atoms with van der Waals surface area (Å²) in [5.41, 5.74) is 3.31. The number of nitrogens with zero attached hydrogens (tertiary/aromatic N) is 5. The molecule has 3 heterocycles. The maximum atomic E-state index is 13.1. The van der Waals surface area contributed by atoms with Gasteiger partial charge in [0.1, 0.15) is 0 Å². The predicted octanol–water partition coefficient (Wildman–Crippen LogP) is 3.63. The molecule has 1 N–H and O–H groups in total. The van der Waals surface area contributed by atoms with Gasteiger partial charge in [-0.25, -0.2) is 15.0 Å². The number of piperazine rings is 1. The summed E-state index contributed by atoms with van der Waals surface area (Å²) < 4.78 is 0. The molecule has 1 amide bonds. The number of fused-ring (bicyclic) bond motifs is 1. The van der Waals surface area contributed by atoms with E-state index in [2.05, 4.69) is 25.1 Å². The zero-order valence-electron chi connectivity index (χ0n) is 19.1. The molecular formula is C27H28N6O. The van der Waals surface area contributed by atoms with E-state index in [4.69, 9.17) is 4.98 Å². The standard InChI is InChI=1S/C27H28N6O/c34-26(28-14-7-15-32-16-18-33(19-17-32)27-29-12-6-13-30-27)23-20-25(21-8-2-1-3-9-21)31-24-11-5-4-10-22(23)24/h1-6,8-13,20H,7,14-19H2,(H,28,34). The summed E-state index contributed by atoms with van der Waals surface area (Å²) >= 11 is 0. The minimum Gasteiger partial charge on any atom is -0.352 e. The van der Waals surface area contributed by atoms with E-state index in [9.17, 15) is 4.79 Å². The van der Waals surface area contributed by atoms with Crippen molar-refractivity contribution in [1.82, 2.24) is 25.2 Å². The Labute approximate surface area is 199 Å². The quantitative estimate of drug-likeness (QED) is 0.432. The number of aromatic nitrogens is 3. The number of anilines is 1. The lowest BCUT2D eigenvalue weighted by atomic mass is 10.0. The number of para-hydroxylation sites is 1. The van der Waals surface area contributed by atoms with Crippen molar-refractivity contribution in [2.45, 2.75) is 6.42 Å². The van der Waals surface area contributed by atoms with Crippen LogP contribution in [0.15, 0.2) is 79.1 Å². The van der Waals surface area contributed by atoms with E-state index in [1.165, 1.54) is 0 Å². The van der Waals surface area contributed by atoms with Crippen LogP contribution in [0.25, 0.3) is 22.2 Å². The molecule has 2 aromatic heterocycles. The maximum Gasteiger partial charge on any atom is 0.252 e. The zero-order chi connectivity index (χ0) is 23.2. The third kappa shape index (κ3) is 5.05. The fourth-order valence-electron chi connectivity index (χ4n) is 4.35. The lowest BCUT2D eigenvalue weighted by molar-refractivity contribution is 0.0953. The second-order valence-electron chi connectivity index (χ2n) is 8.43. The van der Waals surface area contributed by atoms with Crippen LogP contribution in [0.4, 0.5) is 5.95 Å². The summed E-state index contributed by atoms with van der Waals surface area (Å²) in [7, 11) is 0. The van der Waals surface area contributed by atoms with E-state index in [1.54, 1.807) is 12.4 Å². The Kier molecular flexibility index (Phi) is 6.72. The third-order valence-electron chi connectivity index (χ3n) is 6.17. The number of nitrogens with one attached hydrogen (secondary N) is 1. The Hall–Kier alpha value is -3.84. The number of amides is 1. The monoisotopic (exact) mass is 452 g/mol. The number of carbonyl (C=O) groups is 1.